The van der Waals surface area contributed by atoms with E-state index in [9.17, 15) is 4.79 Å². The molecule has 2 unspecified atom stereocenters. The third kappa shape index (κ3) is 6.10. The number of ketones is 1. The Morgan fingerprint density at radius 3 is 2.70 bits per heavy atom. The Kier molecular flexibility index (Phi) is 8.46. The van der Waals surface area contributed by atoms with Crippen LogP contribution in [0.15, 0.2) is 52.3 Å². The van der Waals surface area contributed by atoms with Crippen LogP contribution >= 0.6 is 0 Å². The number of methoxy groups -OCH3 is 1. The van der Waals surface area contributed by atoms with Crippen LogP contribution in [0.5, 0.6) is 5.75 Å². The Morgan fingerprint density at radius 1 is 1.22 bits per heavy atom. The number of rotatable bonds is 6. The van der Waals surface area contributed by atoms with Crippen molar-refractivity contribution in [3.05, 3.63) is 58.4 Å². The Labute approximate surface area is 224 Å². The minimum Gasteiger partial charge on any atom is -0.496 e. The Balaban J connectivity index is 1.51. The maximum absolute atomic E-state index is 13.9. The van der Waals surface area contributed by atoms with Crippen LogP contribution in [0, 0.1) is 24.2 Å². The second kappa shape index (κ2) is 11.4. The van der Waals surface area contributed by atoms with E-state index >= 15 is 0 Å². The molecule has 4 rings (SSSR count). The fourth-order valence-electron chi connectivity index (χ4n) is 6.13. The molecule has 0 saturated heterocycles. The zero-order chi connectivity index (χ0) is 26.7. The van der Waals surface area contributed by atoms with Crippen LogP contribution in [-0.4, -0.2) is 36.6 Å². The van der Waals surface area contributed by atoms with E-state index in [0.717, 1.165) is 62.8 Å². The third-order valence-electron chi connectivity index (χ3n) is 8.87. The molecule has 0 bridgehead atoms. The molecule has 2 atom stereocenters. The lowest BCUT2D eigenvalue weighted by Crippen LogP contribution is -2.40. The summed E-state index contributed by atoms with van der Waals surface area (Å²) >= 11 is 0. The highest BCUT2D eigenvalue weighted by Crippen LogP contribution is 2.41. The average Bonchev–Trinajstić information content (AvgIpc) is 3.07. The molecule has 1 aliphatic carbocycles. The van der Waals surface area contributed by atoms with Crippen LogP contribution in [0.1, 0.15) is 90.7 Å². The molecule has 37 heavy (non-hydrogen) atoms. The third-order valence-corrected chi connectivity index (χ3v) is 8.87. The molecule has 0 N–H and O–H groups in total. The summed E-state index contributed by atoms with van der Waals surface area (Å²) in [5.74, 6) is 2.18. The largest absolute Gasteiger partial charge is 0.496 e. The molecular weight excluding hydrogens is 456 g/mol. The first-order valence-corrected chi connectivity index (χ1v) is 14.2. The second-order valence-corrected chi connectivity index (χ2v) is 12.0. The molecule has 0 amide bonds. The van der Waals surface area contributed by atoms with Crippen LogP contribution in [0.2, 0.25) is 0 Å². The fraction of sp³-hybridized carbons (Fsp3) is 0.576. The van der Waals surface area contributed by atoms with Gasteiger partial charge in [-0.15, -0.1) is 0 Å². The van der Waals surface area contributed by atoms with Crippen molar-refractivity contribution in [1.29, 1.82) is 0 Å². The number of hydrogen-bond donors (Lipinski definition) is 0. The lowest BCUT2D eigenvalue weighted by molar-refractivity contribution is -0.129. The molecule has 2 heterocycles. The van der Waals surface area contributed by atoms with Gasteiger partial charge in [-0.2, -0.15) is 0 Å². The predicted octanol–water partition coefficient (Wildman–Crippen LogP) is 7.93. The van der Waals surface area contributed by atoms with E-state index in [1.54, 1.807) is 7.11 Å². The minimum absolute atomic E-state index is 0.268. The molecule has 3 aliphatic rings. The van der Waals surface area contributed by atoms with Gasteiger partial charge in [0.2, 0.25) is 0 Å². The number of allylic oxidation sites excluding steroid dienone is 5. The molecule has 200 valence electrons. The van der Waals surface area contributed by atoms with Crippen LogP contribution in [0.3, 0.4) is 0 Å². The van der Waals surface area contributed by atoms with E-state index in [4.69, 9.17) is 9.73 Å². The first-order valence-electron chi connectivity index (χ1n) is 14.2. The minimum atomic E-state index is -0.268. The molecule has 1 aromatic carbocycles. The van der Waals surface area contributed by atoms with E-state index < -0.39 is 0 Å². The topological polar surface area (TPSA) is 41.9 Å². The van der Waals surface area contributed by atoms with Crippen LogP contribution in [0.25, 0.3) is 5.57 Å². The van der Waals surface area contributed by atoms with E-state index in [0.29, 0.717) is 24.2 Å². The van der Waals surface area contributed by atoms with Gasteiger partial charge in [-0.3, -0.25) is 9.79 Å². The van der Waals surface area contributed by atoms with Gasteiger partial charge in [0.1, 0.15) is 5.75 Å². The Morgan fingerprint density at radius 2 is 2.00 bits per heavy atom. The molecule has 0 fully saturated rings. The van der Waals surface area contributed by atoms with Crippen LogP contribution in [-0.2, 0) is 4.79 Å². The number of benzene rings is 1. The summed E-state index contributed by atoms with van der Waals surface area (Å²) in [6, 6.07) is 6.40. The zero-order valence-corrected chi connectivity index (χ0v) is 24.1. The summed E-state index contributed by atoms with van der Waals surface area (Å²) in [5, 5.41) is 0. The highest BCUT2D eigenvalue weighted by Gasteiger charge is 2.36. The maximum Gasteiger partial charge on any atom is 0.157 e. The number of Topliss-reactive ketones (excluding diaryl/α,β-unsaturated/α-hetero) is 1. The van der Waals surface area contributed by atoms with E-state index in [1.807, 2.05) is 0 Å². The van der Waals surface area contributed by atoms with Gasteiger partial charge >= 0.3 is 0 Å². The maximum atomic E-state index is 13.9. The van der Waals surface area contributed by atoms with Crippen molar-refractivity contribution in [1.82, 2.24) is 4.90 Å². The van der Waals surface area contributed by atoms with Gasteiger partial charge < -0.3 is 9.64 Å². The van der Waals surface area contributed by atoms with Crippen molar-refractivity contribution < 1.29 is 9.53 Å². The number of carbonyl (C=O) groups is 1. The molecule has 0 spiro atoms. The lowest BCUT2D eigenvalue weighted by Gasteiger charge is -2.36. The standard InChI is InChI=1S/C33H46N2O2/c1-22(2)30-20-26(27-12-13-31(37-7)24(4)19-27)10-9-17-35(30)21-32(36)33(6)15-8-11-29-28(14-16-33)18-23(3)25(5)34-29/h10,12-13,19-20,22-23H,8-9,11,14-18,21H2,1-7H3. The smallest absolute Gasteiger partial charge is 0.157 e. The zero-order valence-electron chi connectivity index (χ0n) is 24.1. The monoisotopic (exact) mass is 502 g/mol. The number of carbonyl (C=O) groups excluding carboxylic acids is 1. The van der Waals surface area contributed by atoms with E-state index in [-0.39, 0.29) is 5.41 Å². The highest BCUT2D eigenvalue weighted by molar-refractivity contribution is 5.87. The summed E-state index contributed by atoms with van der Waals surface area (Å²) in [6.45, 7) is 14.6. The van der Waals surface area contributed by atoms with Gasteiger partial charge in [0, 0.05) is 29.1 Å². The second-order valence-electron chi connectivity index (χ2n) is 12.0. The van der Waals surface area contributed by atoms with Gasteiger partial charge in [0.25, 0.3) is 0 Å². The summed E-state index contributed by atoms with van der Waals surface area (Å²) in [5.41, 5.74) is 8.66. The number of nitrogens with zero attached hydrogens (tertiary/aromatic N) is 2. The lowest BCUT2D eigenvalue weighted by atomic mass is 9.72. The molecular formula is C33H46N2O2. The van der Waals surface area contributed by atoms with Crippen LogP contribution in [0.4, 0.5) is 0 Å². The van der Waals surface area contributed by atoms with Crippen molar-refractivity contribution in [2.24, 2.45) is 22.2 Å². The summed E-state index contributed by atoms with van der Waals surface area (Å²) in [7, 11) is 1.72. The molecule has 1 aromatic rings. The van der Waals surface area contributed by atoms with Gasteiger partial charge in [0.15, 0.2) is 5.78 Å². The molecule has 0 aromatic heterocycles. The van der Waals surface area contributed by atoms with Gasteiger partial charge in [-0.25, -0.2) is 0 Å². The average molecular weight is 503 g/mol. The van der Waals surface area contributed by atoms with Crippen molar-refractivity contribution in [3.63, 3.8) is 0 Å². The fourth-order valence-corrected chi connectivity index (χ4v) is 6.13. The molecule has 4 nitrogen and oxygen atoms in total. The number of hydrogen-bond acceptors (Lipinski definition) is 4. The van der Waals surface area contributed by atoms with Gasteiger partial charge in [0.05, 0.1) is 13.7 Å². The van der Waals surface area contributed by atoms with Crippen LogP contribution < -0.4 is 4.74 Å². The number of aryl methyl sites for hydroxylation is 1. The SMILES string of the molecule is COc1ccc(C2=CCCN(CC(=O)C3(C)CCCC4=C(CC3)CC(C)C(C)=N4)C(C(C)C)=C2)cc1C. The number of ether oxygens (including phenoxy) is 1. The molecule has 0 radical (unpaired) electrons. The van der Waals surface area contributed by atoms with E-state index in [2.05, 4.69) is 76.8 Å². The van der Waals surface area contributed by atoms with Crippen molar-refractivity contribution in [2.75, 3.05) is 20.2 Å². The van der Waals surface area contributed by atoms with Crippen molar-refractivity contribution in [2.45, 2.75) is 86.5 Å². The number of aliphatic imine (C=N–C) groups is 1. The predicted molar refractivity (Wildman–Crippen MR) is 155 cm³/mol. The Hall–Kier alpha value is -2.62. The highest BCUT2D eigenvalue weighted by atomic mass is 16.5. The summed E-state index contributed by atoms with van der Waals surface area (Å²) in [4.78, 5) is 21.2. The molecule has 2 aliphatic heterocycles. The quantitative estimate of drug-likeness (QED) is 0.397. The summed E-state index contributed by atoms with van der Waals surface area (Å²) in [6.07, 6.45) is 11.6. The molecule has 4 heteroatoms. The van der Waals surface area contributed by atoms with E-state index in [1.165, 1.54) is 33.8 Å². The van der Waals surface area contributed by atoms with Crippen molar-refractivity contribution in [3.8, 4) is 5.75 Å². The van der Waals surface area contributed by atoms with Gasteiger partial charge in [-0.1, -0.05) is 39.8 Å². The molecule has 0 saturated carbocycles. The first kappa shape index (κ1) is 27.4. The summed E-state index contributed by atoms with van der Waals surface area (Å²) < 4.78 is 5.47. The van der Waals surface area contributed by atoms with Crippen molar-refractivity contribution >= 4 is 17.1 Å². The first-order chi connectivity index (χ1) is 17.6. The van der Waals surface area contributed by atoms with Gasteiger partial charge in [-0.05, 0) is 111 Å². The Bertz CT molecular complexity index is 1150. The normalized spacial score (nSPS) is 24.9.